The first-order chi connectivity index (χ1) is 9.49. The van der Waals surface area contributed by atoms with Crippen molar-refractivity contribution in [2.75, 3.05) is 5.73 Å². The van der Waals surface area contributed by atoms with Crippen LogP contribution >= 0.6 is 23.2 Å². The molecule has 2 aromatic rings. The Morgan fingerprint density at radius 2 is 2.15 bits per heavy atom. The summed E-state index contributed by atoms with van der Waals surface area (Å²) in [5.74, 6) is -0.319. The molecule has 0 spiro atoms. The molecule has 0 saturated heterocycles. The average molecular weight is 310 g/mol. The van der Waals surface area contributed by atoms with Crippen LogP contribution in [0.2, 0.25) is 10.0 Å². The third-order valence-electron chi connectivity index (χ3n) is 2.87. The van der Waals surface area contributed by atoms with Gasteiger partial charge in [0.15, 0.2) is 0 Å². The summed E-state index contributed by atoms with van der Waals surface area (Å²) in [6, 6.07) is 4.86. The molecule has 0 unspecified atom stereocenters. The molecule has 3 N–H and O–H groups in total. The van der Waals surface area contributed by atoms with Crippen molar-refractivity contribution >= 4 is 34.8 Å². The summed E-state index contributed by atoms with van der Waals surface area (Å²) in [4.78, 5) is 16.1. The van der Waals surface area contributed by atoms with Gasteiger partial charge in [0.25, 0.3) is 5.91 Å². The predicted octanol–water partition coefficient (Wildman–Crippen LogP) is 3.21. The molecule has 1 aromatic carbocycles. The van der Waals surface area contributed by atoms with Crippen molar-refractivity contribution < 1.29 is 4.79 Å². The maximum atomic E-state index is 12.1. The number of nitrogens with one attached hydrogen (secondary N) is 1. The average Bonchev–Trinajstić information content (AvgIpc) is 2.41. The number of aromatic nitrogens is 1. The summed E-state index contributed by atoms with van der Waals surface area (Å²) in [7, 11) is 0. The van der Waals surface area contributed by atoms with Crippen molar-refractivity contribution in [2.24, 2.45) is 0 Å². The summed E-state index contributed by atoms with van der Waals surface area (Å²) < 4.78 is 0. The van der Waals surface area contributed by atoms with E-state index in [4.69, 9.17) is 28.9 Å². The minimum Gasteiger partial charge on any atom is -0.399 e. The van der Waals surface area contributed by atoms with Crippen molar-refractivity contribution in [3.8, 4) is 0 Å². The van der Waals surface area contributed by atoms with Crippen LogP contribution in [0.5, 0.6) is 0 Å². The van der Waals surface area contributed by atoms with Gasteiger partial charge in [-0.1, -0.05) is 23.2 Å². The van der Waals surface area contributed by atoms with Crippen molar-refractivity contribution in [2.45, 2.75) is 13.5 Å². The van der Waals surface area contributed by atoms with Crippen LogP contribution in [0.1, 0.15) is 21.5 Å². The molecule has 104 valence electrons. The van der Waals surface area contributed by atoms with E-state index in [0.29, 0.717) is 12.2 Å². The zero-order valence-electron chi connectivity index (χ0n) is 10.8. The first-order valence-electron chi connectivity index (χ1n) is 5.91. The highest BCUT2D eigenvalue weighted by molar-refractivity contribution is 6.44. The van der Waals surface area contributed by atoms with E-state index in [1.54, 1.807) is 12.4 Å². The first-order valence-corrected chi connectivity index (χ1v) is 6.67. The van der Waals surface area contributed by atoms with Gasteiger partial charge in [-0.3, -0.25) is 9.78 Å². The lowest BCUT2D eigenvalue weighted by Crippen LogP contribution is -2.23. The predicted molar refractivity (Wildman–Crippen MR) is 81.0 cm³/mol. The lowest BCUT2D eigenvalue weighted by atomic mass is 10.1. The largest absolute Gasteiger partial charge is 0.399 e. The Morgan fingerprint density at radius 3 is 2.85 bits per heavy atom. The third kappa shape index (κ3) is 3.21. The number of carbonyl (C=O) groups excluding carboxylic acids is 1. The molecule has 0 fully saturated rings. The molecule has 1 aromatic heterocycles. The van der Waals surface area contributed by atoms with E-state index in [2.05, 4.69) is 10.3 Å². The molecule has 0 bridgehead atoms. The molecule has 20 heavy (non-hydrogen) atoms. The Balaban J connectivity index is 2.15. The number of anilines is 1. The highest BCUT2D eigenvalue weighted by atomic mass is 35.5. The number of pyridine rings is 1. The van der Waals surface area contributed by atoms with E-state index >= 15 is 0 Å². The van der Waals surface area contributed by atoms with Crippen LogP contribution in [0.25, 0.3) is 0 Å². The Bertz CT molecular complexity index is 659. The Labute approximate surface area is 126 Å². The van der Waals surface area contributed by atoms with Crippen molar-refractivity contribution in [1.82, 2.24) is 10.3 Å². The molecule has 4 nitrogen and oxygen atoms in total. The Morgan fingerprint density at radius 1 is 1.40 bits per heavy atom. The molecule has 0 aliphatic heterocycles. The number of hydrogen-bond acceptors (Lipinski definition) is 3. The molecular weight excluding hydrogens is 297 g/mol. The van der Waals surface area contributed by atoms with Gasteiger partial charge < -0.3 is 11.1 Å². The van der Waals surface area contributed by atoms with Crippen LogP contribution in [0.4, 0.5) is 5.69 Å². The van der Waals surface area contributed by atoms with Gasteiger partial charge in [0.1, 0.15) is 0 Å². The molecule has 0 aliphatic rings. The second-order valence-corrected chi connectivity index (χ2v) is 5.13. The zero-order chi connectivity index (χ0) is 14.7. The zero-order valence-corrected chi connectivity index (χ0v) is 12.3. The van der Waals surface area contributed by atoms with Crippen LogP contribution in [-0.4, -0.2) is 10.9 Å². The number of nitrogens with zero attached hydrogens (tertiary/aromatic N) is 1. The van der Waals surface area contributed by atoms with E-state index in [9.17, 15) is 4.79 Å². The smallest absolute Gasteiger partial charge is 0.253 e. The van der Waals surface area contributed by atoms with Crippen LogP contribution in [-0.2, 0) is 6.54 Å². The lowest BCUT2D eigenvalue weighted by Gasteiger charge is -2.10. The SMILES string of the molecule is Cc1cnccc1CNC(=O)c1cc(N)cc(Cl)c1Cl. The fourth-order valence-electron chi connectivity index (χ4n) is 1.75. The van der Waals surface area contributed by atoms with Crippen molar-refractivity contribution in [1.29, 1.82) is 0 Å². The van der Waals surface area contributed by atoms with Gasteiger partial charge >= 0.3 is 0 Å². The number of benzene rings is 1. The fraction of sp³-hybridized carbons (Fsp3) is 0.143. The number of rotatable bonds is 3. The molecule has 0 saturated carbocycles. The maximum Gasteiger partial charge on any atom is 0.253 e. The monoisotopic (exact) mass is 309 g/mol. The molecule has 1 heterocycles. The number of hydrogen-bond donors (Lipinski definition) is 2. The summed E-state index contributed by atoms with van der Waals surface area (Å²) >= 11 is 11.9. The number of carbonyl (C=O) groups is 1. The van der Waals surface area contributed by atoms with E-state index in [-0.39, 0.29) is 21.5 Å². The highest BCUT2D eigenvalue weighted by Gasteiger charge is 2.14. The van der Waals surface area contributed by atoms with Gasteiger partial charge in [0, 0.05) is 24.6 Å². The third-order valence-corrected chi connectivity index (χ3v) is 3.67. The van der Waals surface area contributed by atoms with Crippen LogP contribution < -0.4 is 11.1 Å². The minimum atomic E-state index is -0.319. The molecule has 6 heteroatoms. The lowest BCUT2D eigenvalue weighted by molar-refractivity contribution is 0.0951. The van der Waals surface area contributed by atoms with E-state index in [1.165, 1.54) is 12.1 Å². The summed E-state index contributed by atoms with van der Waals surface area (Å²) in [5.41, 5.74) is 8.32. The summed E-state index contributed by atoms with van der Waals surface area (Å²) in [5, 5.41) is 3.25. The van der Waals surface area contributed by atoms with Crippen molar-refractivity contribution in [3.63, 3.8) is 0 Å². The van der Waals surface area contributed by atoms with Gasteiger partial charge in [-0.25, -0.2) is 0 Å². The minimum absolute atomic E-state index is 0.199. The second kappa shape index (κ2) is 6.11. The maximum absolute atomic E-state index is 12.1. The van der Waals surface area contributed by atoms with Crippen LogP contribution in [0, 0.1) is 6.92 Å². The van der Waals surface area contributed by atoms with Crippen LogP contribution in [0.15, 0.2) is 30.6 Å². The quantitative estimate of drug-likeness (QED) is 0.855. The molecule has 2 rings (SSSR count). The standard InChI is InChI=1S/C14H13Cl2N3O/c1-8-6-18-3-2-9(8)7-19-14(20)11-4-10(17)5-12(15)13(11)16/h2-6H,7,17H2,1H3,(H,19,20). The number of amides is 1. The molecule has 0 radical (unpaired) electrons. The fourth-order valence-corrected chi connectivity index (χ4v) is 2.17. The van der Waals surface area contributed by atoms with Gasteiger partial charge in [-0.05, 0) is 36.2 Å². The Hall–Kier alpha value is -1.78. The van der Waals surface area contributed by atoms with Gasteiger partial charge in [-0.15, -0.1) is 0 Å². The van der Waals surface area contributed by atoms with E-state index < -0.39 is 0 Å². The number of aryl methyl sites for hydroxylation is 1. The first kappa shape index (κ1) is 14.6. The number of halogens is 2. The van der Waals surface area contributed by atoms with E-state index in [1.807, 2.05) is 13.0 Å². The second-order valence-electron chi connectivity index (χ2n) is 4.35. The van der Waals surface area contributed by atoms with Crippen LogP contribution in [0.3, 0.4) is 0 Å². The van der Waals surface area contributed by atoms with Gasteiger partial charge in [0.05, 0.1) is 15.6 Å². The molecule has 1 amide bonds. The number of nitrogens with two attached hydrogens (primary N) is 1. The topological polar surface area (TPSA) is 68.0 Å². The summed E-state index contributed by atoms with van der Waals surface area (Å²) in [6.45, 7) is 2.31. The van der Waals surface area contributed by atoms with E-state index in [0.717, 1.165) is 11.1 Å². The Kier molecular flexibility index (Phi) is 4.47. The number of nitrogen functional groups attached to an aromatic ring is 1. The summed E-state index contributed by atoms with van der Waals surface area (Å²) in [6.07, 6.45) is 3.42. The van der Waals surface area contributed by atoms with Gasteiger partial charge in [-0.2, -0.15) is 0 Å². The molecular formula is C14H13Cl2N3O. The normalized spacial score (nSPS) is 10.3. The van der Waals surface area contributed by atoms with Gasteiger partial charge in [0.2, 0.25) is 0 Å². The van der Waals surface area contributed by atoms with Crippen molar-refractivity contribution in [3.05, 3.63) is 57.3 Å². The molecule has 0 aliphatic carbocycles. The highest BCUT2D eigenvalue weighted by Crippen LogP contribution is 2.28. The molecule has 0 atom stereocenters.